The fourth-order valence-corrected chi connectivity index (χ4v) is 3.95. The molecule has 1 N–H and O–H groups in total. The molecule has 3 heterocycles. The summed E-state index contributed by atoms with van der Waals surface area (Å²) in [6.45, 7) is 6.58. The Morgan fingerprint density at radius 3 is 2.81 bits per heavy atom. The van der Waals surface area contributed by atoms with Crippen LogP contribution in [0, 0.1) is 5.92 Å². The average Bonchev–Trinajstić information content (AvgIpc) is 2.65. The van der Waals surface area contributed by atoms with E-state index in [1.165, 1.54) is 0 Å². The lowest BCUT2D eigenvalue weighted by atomic mass is 9.96. The van der Waals surface area contributed by atoms with Crippen molar-refractivity contribution >= 4 is 22.7 Å². The molecule has 4 rings (SSSR count). The van der Waals surface area contributed by atoms with Gasteiger partial charge in [-0.2, -0.15) is 0 Å². The molecule has 2 aromatic rings. The number of hydrogen-bond acceptors (Lipinski definition) is 4. The Bertz CT molecular complexity index is 845. The van der Waals surface area contributed by atoms with Crippen molar-refractivity contribution in [2.75, 3.05) is 19.6 Å². The van der Waals surface area contributed by atoms with Crippen LogP contribution in [0.1, 0.15) is 19.4 Å². The number of pyridine rings is 1. The molecule has 2 aliphatic heterocycles. The lowest BCUT2D eigenvalue weighted by Gasteiger charge is -2.46. The Labute approximate surface area is 153 Å². The molecule has 0 bridgehead atoms. The maximum Gasteiger partial charge on any atom is 0.246 e. The lowest BCUT2D eigenvalue weighted by Crippen LogP contribution is -2.70. The van der Waals surface area contributed by atoms with Gasteiger partial charge in [-0.15, -0.1) is 0 Å². The number of carbonyl (C=O) groups excluding carboxylic acids is 2. The molecule has 2 saturated heterocycles. The molecular formula is C20H24N4O2. The van der Waals surface area contributed by atoms with Gasteiger partial charge in [0, 0.05) is 37.8 Å². The summed E-state index contributed by atoms with van der Waals surface area (Å²) in [6.07, 6.45) is 1.81. The quantitative estimate of drug-likeness (QED) is 0.907. The third-order valence-corrected chi connectivity index (χ3v) is 5.39. The molecule has 6 heteroatoms. The molecule has 0 saturated carbocycles. The zero-order chi connectivity index (χ0) is 18.3. The van der Waals surface area contributed by atoms with E-state index in [-0.39, 0.29) is 17.7 Å². The number of amides is 2. The van der Waals surface area contributed by atoms with Crippen LogP contribution in [0.3, 0.4) is 0 Å². The molecule has 2 fully saturated rings. The molecule has 2 aliphatic rings. The van der Waals surface area contributed by atoms with E-state index >= 15 is 0 Å². The van der Waals surface area contributed by atoms with Gasteiger partial charge in [-0.1, -0.05) is 38.1 Å². The Balaban J connectivity index is 1.52. The van der Waals surface area contributed by atoms with Crippen LogP contribution in [-0.4, -0.2) is 58.3 Å². The van der Waals surface area contributed by atoms with E-state index in [0.29, 0.717) is 13.1 Å². The van der Waals surface area contributed by atoms with Crippen molar-refractivity contribution in [3.05, 3.63) is 42.1 Å². The summed E-state index contributed by atoms with van der Waals surface area (Å²) in [4.78, 5) is 33.7. The number of fused-ring (bicyclic) bond motifs is 2. The highest BCUT2D eigenvalue weighted by molar-refractivity contribution is 5.97. The van der Waals surface area contributed by atoms with Gasteiger partial charge in [0.15, 0.2) is 0 Å². The van der Waals surface area contributed by atoms with Gasteiger partial charge in [-0.05, 0) is 17.5 Å². The summed E-state index contributed by atoms with van der Waals surface area (Å²) in [5, 5.41) is 4.03. The van der Waals surface area contributed by atoms with Gasteiger partial charge in [-0.3, -0.25) is 19.5 Å². The molecule has 0 aliphatic carbocycles. The molecule has 0 radical (unpaired) electrons. The average molecular weight is 352 g/mol. The first-order valence-electron chi connectivity index (χ1n) is 9.20. The summed E-state index contributed by atoms with van der Waals surface area (Å²) in [7, 11) is 0. The molecule has 0 unspecified atom stereocenters. The summed E-state index contributed by atoms with van der Waals surface area (Å²) < 4.78 is 0. The normalized spacial score (nSPS) is 24.0. The maximum absolute atomic E-state index is 12.7. The van der Waals surface area contributed by atoms with Crippen LogP contribution in [0.15, 0.2) is 36.5 Å². The number of benzene rings is 1. The van der Waals surface area contributed by atoms with Crippen LogP contribution in [0.4, 0.5) is 0 Å². The number of piperazine rings is 2. The number of nitrogens with one attached hydrogen (secondary N) is 1. The van der Waals surface area contributed by atoms with Gasteiger partial charge in [0.25, 0.3) is 0 Å². The first-order chi connectivity index (χ1) is 12.5. The van der Waals surface area contributed by atoms with E-state index < -0.39 is 12.1 Å². The number of rotatable bonds is 3. The second kappa shape index (κ2) is 6.68. The second-order valence-corrected chi connectivity index (χ2v) is 7.51. The van der Waals surface area contributed by atoms with Crippen molar-refractivity contribution in [3.63, 3.8) is 0 Å². The Morgan fingerprint density at radius 2 is 2.00 bits per heavy atom. The molecule has 2 atom stereocenters. The fourth-order valence-electron chi connectivity index (χ4n) is 3.95. The Morgan fingerprint density at radius 1 is 1.19 bits per heavy atom. The third-order valence-electron chi connectivity index (χ3n) is 5.39. The van der Waals surface area contributed by atoms with Gasteiger partial charge in [0.05, 0.1) is 5.52 Å². The minimum absolute atomic E-state index is 0.0379. The van der Waals surface area contributed by atoms with Crippen molar-refractivity contribution in [1.29, 1.82) is 0 Å². The van der Waals surface area contributed by atoms with E-state index in [1.54, 1.807) is 4.90 Å². The largest absolute Gasteiger partial charge is 0.342 e. The van der Waals surface area contributed by atoms with E-state index in [2.05, 4.69) is 33.4 Å². The minimum Gasteiger partial charge on any atom is -0.342 e. The van der Waals surface area contributed by atoms with Crippen molar-refractivity contribution in [2.45, 2.75) is 32.5 Å². The molecule has 1 aromatic carbocycles. The van der Waals surface area contributed by atoms with E-state index in [4.69, 9.17) is 0 Å². The fraction of sp³-hybridized carbons (Fsp3) is 0.450. The van der Waals surface area contributed by atoms with Crippen molar-refractivity contribution in [2.24, 2.45) is 5.92 Å². The Hall–Kier alpha value is -2.47. The highest BCUT2D eigenvalue weighted by Crippen LogP contribution is 2.23. The van der Waals surface area contributed by atoms with Crippen LogP contribution in [0.5, 0.6) is 0 Å². The second-order valence-electron chi connectivity index (χ2n) is 7.51. The van der Waals surface area contributed by atoms with Crippen LogP contribution in [0.2, 0.25) is 0 Å². The molecule has 6 nitrogen and oxygen atoms in total. The summed E-state index contributed by atoms with van der Waals surface area (Å²) in [5.74, 6) is 0.118. The van der Waals surface area contributed by atoms with Gasteiger partial charge < -0.3 is 10.2 Å². The molecule has 1 aromatic heterocycles. The monoisotopic (exact) mass is 352 g/mol. The topological polar surface area (TPSA) is 65.5 Å². The van der Waals surface area contributed by atoms with E-state index in [1.807, 2.05) is 32.2 Å². The zero-order valence-corrected chi connectivity index (χ0v) is 15.2. The van der Waals surface area contributed by atoms with Gasteiger partial charge in [0.2, 0.25) is 11.8 Å². The number of hydrogen-bond donors (Lipinski definition) is 1. The van der Waals surface area contributed by atoms with Crippen molar-refractivity contribution in [3.8, 4) is 0 Å². The molecular weight excluding hydrogens is 328 g/mol. The van der Waals surface area contributed by atoms with E-state index in [9.17, 15) is 9.59 Å². The summed E-state index contributed by atoms with van der Waals surface area (Å²) in [5.41, 5.74) is 2.15. The van der Waals surface area contributed by atoms with Crippen LogP contribution in [0.25, 0.3) is 10.9 Å². The number of nitrogens with zero attached hydrogens (tertiary/aromatic N) is 3. The number of carbonyl (C=O) groups is 2. The molecule has 136 valence electrons. The van der Waals surface area contributed by atoms with E-state index in [0.717, 1.165) is 29.6 Å². The standard InChI is InChI=1S/C20H24N4O2/c1-13(2)17-20(26)24-10-9-23(12-16(24)19(25)22-17)11-15-6-3-5-14-7-4-8-21-18(14)15/h3-8,13,16-17H,9-12H2,1-2H3,(H,22,25)/t16-,17-/m1/s1. The smallest absolute Gasteiger partial charge is 0.246 e. The third kappa shape index (κ3) is 2.94. The van der Waals surface area contributed by atoms with Crippen LogP contribution < -0.4 is 5.32 Å². The van der Waals surface area contributed by atoms with Crippen LogP contribution >= 0.6 is 0 Å². The summed E-state index contributed by atoms with van der Waals surface area (Å²) in [6, 6.07) is 9.39. The highest BCUT2D eigenvalue weighted by atomic mass is 16.2. The lowest BCUT2D eigenvalue weighted by molar-refractivity contribution is -0.154. The predicted molar refractivity (Wildman–Crippen MR) is 99.3 cm³/mol. The molecule has 2 amide bonds. The van der Waals surface area contributed by atoms with Crippen molar-refractivity contribution < 1.29 is 9.59 Å². The number of para-hydroxylation sites is 1. The molecule has 0 spiro atoms. The van der Waals surface area contributed by atoms with Gasteiger partial charge in [0.1, 0.15) is 12.1 Å². The van der Waals surface area contributed by atoms with Crippen LogP contribution in [-0.2, 0) is 16.1 Å². The minimum atomic E-state index is -0.396. The predicted octanol–water partition coefficient (Wildman–Crippen LogP) is 1.40. The Kier molecular flexibility index (Phi) is 4.36. The van der Waals surface area contributed by atoms with Crippen molar-refractivity contribution in [1.82, 2.24) is 20.1 Å². The number of aromatic nitrogens is 1. The SMILES string of the molecule is CC(C)[C@H]1NC(=O)[C@H]2CN(Cc3cccc4cccnc34)CCN2C1=O. The van der Waals surface area contributed by atoms with Gasteiger partial charge in [-0.25, -0.2) is 0 Å². The molecule has 26 heavy (non-hydrogen) atoms. The summed E-state index contributed by atoms with van der Waals surface area (Å²) >= 11 is 0. The highest BCUT2D eigenvalue weighted by Gasteiger charge is 2.44. The van der Waals surface area contributed by atoms with Gasteiger partial charge >= 0.3 is 0 Å². The first-order valence-corrected chi connectivity index (χ1v) is 9.20. The zero-order valence-electron chi connectivity index (χ0n) is 15.2. The first kappa shape index (κ1) is 17.0. The maximum atomic E-state index is 12.7.